The Morgan fingerprint density at radius 3 is 2.53 bits per heavy atom. The summed E-state index contributed by atoms with van der Waals surface area (Å²) in [7, 11) is -4.67. The van der Waals surface area contributed by atoms with Crippen LogP contribution in [0.25, 0.3) is 0 Å². The number of nitro groups is 1. The molecule has 1 amide bonds. The number of hydrogen-bond donors (Lipinski definition) is 1. The highest BCUT2D eigenvalue weighted by molar-refractivity contribution is 7.89. The van der Waals surface area contributed by atoms with Crippen LogP contribution in [0.3, 0.4) is 0 Å². The van der Waals surface area contributed by atoms with Gasteiger partial charge in [-0.05, 0) is 31.0 Å². The van der Waals surface area contributed by atoms with Gasteiger partial charge in [-0.3, -0.25) is 14.9 Å². The Hall–Kier alpha value is -2.99. The highest BCUT2D eigenvalue weighted by atomic mass is 32.2. The third kappa shape index (κ3) is 4.14. The number of hydrogen-bond acceptors (Lipinski definition) is 5. The molecule has 1 atom stereocenters. The number of nitrogens with one attached hydrogen (secondary N) is 1. The molecule has 160 valence electrons. The van der Waals surface area contributed by atoms with Crippen LogP contribution in [0.5, 0.6) is 0 Å². The number of alkyl halides is 3. The van der Waals surface area contributed by atoms with Gasteiger partial charge in [-0.2, -0.15) is 17.9 Å². The first kappa shape index (κ1) is 21.7. The smallest absolute Gasteiger partial charge is 0.310 e. The van der Waals surface area contributed by atoms with E-state index in [1.807, 2.05) is 4.72 Å². The van der Waals surface area contributed by atoms with Gasteiger partial charge in [0.1, 0.15) is 0 Å². The van der Waals surface area contributed by atoms with Crippen LogP contribution in [0, 0.1) is 10.1 Å². The average molecular weight is 443 g/mol. The molecule has 3 rings (SSSR count). The number of sulfonamides is 1. The Bertz CT molecular complexity index is 1120. The number of carbonyl (C=O) groups is 1. The zero-order valence-electron chi connectivity index (χ0n) is 15.5. The number of nitrogens with zero attached hydrogens (tertiary/aromatic N) is 2. The van der Waals surface area contributed by atoms with E-state index >= 15 is 0 Å². The topological polar surface area (TPSA) is 110 Å². The summed E-state index contributed by atoms with van der Waals surface area (Å²) in [5.41, 5.74) is -0.637. The first-order chi connectivity index (χ1) is 13.9. The van der Waals surface area contributed by atoms with Crippen molar-refractivity contribution in [2.45, 2.75) is 30.5 Å². The molecule has 1 unspecified atom stereocenters. The summed E-state index contributed by atoms with van der Waals surface area (Å²) in [6.07, 6.45) is -4.49. The van der Waals surface area contributed by atoms with Crippen molar-refractivity contribution in [3.63, 3.8) is 0 Å². The van der Waals surface area contributed by atoms with Crippen molar-refractivity contribution in [1.82, 2.24) is 4.72 Å². The minimum Gasteiger partial charge on any atom is -0.310 e. The zero-order chi connectivity index (χ0) is 22.3. The number of carbonyl (C=O) groups excluding carboxylic acids is 1. The lowest BCUT2D eigenvalue weighted by Crippen LogP contribution is -2.46. The Morgan fingerprint density at radius 1 is 1.23 bits per heavy atom. The third-order valence-electron chi connectivity index (χ3n) is 4.63. The molecule has 30 heavy (non-hydrogen) atoms. The third-order valence-corrected chi connectivity index (χ3v) is 6.22. The largest absolute Gasteiger partial charge is 0.417 e. The number of amides is 1. The predicted molar refractivity (Wildman–Crippen MR) is 100 cm³/mol. The number of halogens is 3. The van der Waals surface area contributed by atoms with Gasteiger partial charge in [-0.15, -0.1) is 0 Å². The van der Waals surface area contributed by atoms with Crippen LogP contribution in [0.15, 0.2) is 47.4 Å². The van der Waals surface area contributed by atoms with Gasteiger partial charge < -0.3 is 4.90 Å². The van der Waals surface area contributed by atoms with E-state index in [9.17, 15) is 36.5 Å². The molecular formula is C18H16F3N3O5S. The molecule has 2 aromatic carbocycles. The van der Waals surface area contributed by atoms with Crippen LogP contribution in [-0.4, -0.2) is 31.8 Å². The molecule has 0 aliphatic carbocycles. The van der Waals surface area contributed by atoms with Crippen LogP contribution in [0.1, 0.15) is 18.1 Å². The molecule has 0 radical (unpaired) electrons. The maximum Gasteiger partial charge on any atom is 0.417 e. The molecule has 2 aromatic rings. The van der Waals surface area contributed by atoms with Crippen LogP contribution >= 0.6 is 0 Å². The SMILES string of the molecule is CC(NS(=O)(=O)c1ccccc1C(F)(F)F)C(=O)N1CCc2ccc([N+](=O)[O-])cc21. The van der Waals surface area contributed by atoms with Crippen LogP contribution in [0.2, 0.25) is 0 Å². The van der Waals surface area contributed by atoms with E-state index < -0.39 is 43.5 Å². The van der Waals surface area contributed by atoms with Crippen molar-refractivity contribution in [3.05, 3.63) is 63.7 Å². The molecule has 1 aliphatic rings. The van der Waals surface area contributed by atoms with E-state index in [4.69, 9.17) is 0 Å². The quantitative estimate of drug-likeness (QED) is 0.565. The minimum atomic E-state index is -4.90. The van der Waals surface area contributed by atoms with E-state index in [1.165, 1.54) is 30.0 Å². The van der Waals surface area contributed by atoms with Crippen LogP contribution in [0.4, 0.5) is 24.5 Å². The molecule has 0 saturated carbocycles. The Kier molecular flexibility index (Phi) is 5.56. The average Bonchev–Trinajstić information content (AvgIpc) is 3.09. The molecule has 1 aliphatic heterocycles. The molecule has 1 N–H and O–H groups in total. The lowest BCUT2D eigenvalue weighted by atomic mass is 10.1. The highest BCUT2D eigenvalue weighted by Gasteiger charge is 2.38. The minimum absolute atomic E-state index is 0.167. The fraction of sp³-hybridized carbons (Fsp3) is 0.278. The molecule has 1 heterocycles. The second-order valence-corrected chi connectivity index (χ2v) is 8.33. The van der Waals surface area contributed by atoms with E-state index in [0.717, 1.165) is 18.2 Å². The summed E-state index contributed by atoms with van der Waals surface area (Å²) in [6, 6.07) is 6.26. The molecule has 0 aromatic heterocycles. The number of anilines is 1. The number of rotatable bonds is 5. The maximum absolute atomic E-state index is 13.2. The summed E-state index contributed by atoms with van der Waals surface area (Å²) in [6.45, 7) is 1.37. The van der Waals surface area contributed by atoms with Gasteiger partial charge >= 0.3 is 6.18 Å². The lowest BCUT2D eigenvalue weighted by Gasteiger charge is -2.23. The molecular weight excluding hydrogens is 427 g/mol. The van der Waals surface area contributed by atoms with Gasteiger partial charge in [0.05, 0.1) is 27.1 Å². The molecule has 0 bridgehead atoms. The zero-order valence-corrected chi connectivity index (χ0v) is 16.3. The van der Waals surface area contributed by atoms with Crippen molar-refractivity contribution in [2.75, 3.05) is 11.4 Å². The second kappa shape index (κ2) is 7.69. The van der Waals surface area contributed by atoms with Crippen molar-refractivity contribution in [3.8, 4) is 0 Å². The van der Waals surface area contributed by atoms with Gasteiger partial charge in [0.25, 0.3) is 5.69 Å². The van der Waals surface area contributed by atoms with E-state index in [0.29, 0.717) is 18.1 Å². The molecule has 0 saturated heterocycles. The van der Waals surface area contributed by atoms with Gasteiger partial charge in [0.15, 0.2) is 0 Å². The van der Waals surface area contributed by atoms with E-state index in [2.05, 4.69) is 0 Å². The van der Waals surface area contributed by atoms with Gasteiger partial charge in [0, 0.05) is 18.7 Å². The van der Waals surface area contributed by atoms with Crippen molar-refractivity contribution in [2.24, 2.45) is 0 Å². The first-order valence-corrected chi connectivity index (χ1v) is 10.2. The molecule has 12 heteroatoms. The van der Waals surface area contributed by atoms with Gasteiger partial charge in [0.2, 0.25) is 15.9 Å². The summed E-state index contributed by atoms with van der Waals surface area (Å²) < 4.78 is 66.6. The molecule has 0 spiro atoms. The van der Waals surface area contributed by atoms with Crippen molar-refractivity contribution in [1.29, 1.82) is 0 Å². The number of non-ortho nitro benzene ring substituents is 1. The maximum atomic E-state index is 13.2. The Labute approximate surface area is 169 Å². The fourth-order valence-corrected chi connectivity index (χ4v) is 4.65. The summed E-state index contributed by atoms with van der Waals surface area (Å²) in [5, 5.41) is 11.0. The number of fused-ring (bicyclic) bond motifs is 1. The summed E-state index contributed by atoms with van der Waals surface area (Å²) in [4.78, 5) is 23.3. The Balaban J connectivity index is 1.86. The Morgan fingerprint density at radius 2 is 1.90 bits per heavy atom. The van der Waals surface area contributed by atoms with E-state index in [-0.39, 0.29) is 17.9 Å². The summed E-state index contributed by atoms with van der Waals surface area (Å²) >= 11 is 0. The van der Waals surface area contributed by atoms with Crippen LogP contribution < -0.4 is 9.62 Å². The van der Waals surface area contributed by atoms with Gasteiger partial charge in [-0.25, -0.2) is 8.42 Å². The fourth-order valence-electron chi connectivity index (χ4n) is 3.23. The lowest BCUT2D eigenvalue weighted by molar-refractivity contribution is -0.384. The first-order valence-electron chi connectivity index (χ1n) is 8.69. The normalized spacial score (nSPS) is 15.0. The van der Waals surface area contributed by atoms with E-state index in [1.54, 1.807) is 0 Å². The standard InChI is InChI=1S/C18H16F3N3O5S/c1-11(22-30(28,29)16-5-3-2-4-14(16)18(19,20)21)17(25)23-9-8-12-6-7-13(24(26)27)10-15(12)23/h2-7,10-11,22H,8-9H2,1H3. The van der Waals surface area contributed by atoms with Crippen molar-refractivity contribution < 1.29 is 31.3 Å². The van der Waals surface area contributed by atoms with Crippen LogP contribution in [-0.2, 0) is 27.4 Å². The highest BCUT2D eigenvalue weighted by Crippen LogP contribution is 2.35. The molecule has 0 fully saturated rings. The molecule has 8 nitrogen and oxygen atoms in total. The van der Waals surface area contributed by atoms with Crippen molar-refractivity contribution >= 4 is 27.3 Å². The summed E-state index contributed by atoms with van der Waals surface area (Å²) in [5.74, 6) is -0.734. The predicted octanol–water partition coefficient (Wildman–Crippen LogP) is 2.87. The number of nitro benzene ring substituents is 1. The van der Waals surface area contributed by atoms with Gasteiger partial charge in [-0.1, -0.05) is 18.2 Å². The number of benzene rings is 2. The monoisotopic (exact) mass is 443 g/mol. The second-order valence-electron chi connectivity index (χ2n) is 6.65.